The molecule has 3 nitrogen and oxygen atoms in total. The van der Waals surface area contributed by atoms with Gasteiger partial charge in [0.2, 0.25) is 0 Å². The number of nitrogens with two attached hydrogens (primary N) is 1. The second-order valence-electron chi connectivity index (χ2n) is 4.04. The van der Waals surface area contributed by atoms with Gasteiger partial charge in [-0.05, 0) is 35.9 Å². The van der Waals surface area contributed by atoms with Crippen molar-refractivity contribution in [1.29, 1.82) is 0 Å². The Hall–Kier alpha value is -2.07. The maximum Gasteiger partial charge on any atom is 0.253 e. The highest BCUT2D eigenvalue weighted by Gasteiger charge is 2.10. The zero-order valence-corrected chi connectivity index (χ0v) is 10.7. The van der Waals surface area contributed by atoms with E-state index in [1.54, 1.807) is 18.2 Å². The summed E-state index contributed by atoms with van der Waals surface area (Å²) in [5.74, 6) is -0.918. The molecule has 0 saturated carbocycles. The second-order valence-corrected chi connectivity index (χ2v) is 4.48. The number of benzene rings is 2. The van der Waals surface area contributed by atoms with Gasteiger partial charge in [0.15, 0.2) is 0 Å². The SMILES string of the molecule is Nc1ccc(F)cc1C(=O)NCc1cccc(Cl)c1. The molecule has 1 amide bonds. The van der Waals surface area contributed by atoms with Crippen molar-refractivity contribution in [2.45, 2.75) is 6.54 Å². The van der Waals surface area contributed by atoms with Gasteiger partial charge in [-0.25, -0.2) is 4.39 Å². The third kappa shape index (κ3) is 3.45. The zero-order valence-electron chi connectivity index (χ0n) is 9.99. The molecule has 2 rings (SSSR count). The predicted octanol–water partition coefficient (Wildman–Crippen LogP) is 2.99. The fourth-order valence-electron chi connectivity index (χ4n) is 1.65. The van der Waals surface area contributed by atoms with Gasteiger partial charge >= 0.3 is 0 Å². The van der Waals surface area contributed by atoms with E-state index >= 15 is 0 Å². The average molecular weight is 279 g/mol. The Morgan fingerprint density at radius 3 is 2.79 bits per heavy atom. The van der Waals surface area contributed by atoms with E-state index in [0.29, 0.717) is 11.6 Å². The number of halogens is 2. The van der Waals surface area contributed by atoms with E-state index in [-0.39, 0.29) is 11.3 Å². The molecule has 0 aliphatic carbocycles. The Balaban J connectivity index is 2.07. The lowest BCUT2D eigenvalue weighted by atomic mass is 10.1. The van der Waals surface area contributed by atoms with Crippen LogP contribution in [0.15, 0.2) is 42.5 Å². The fraction of sp³-hybridized carbons (Fsp3) is 0.0714. The van der Waals surface area contributed by atoms with Gasteiger partial charge in [-0.1, -0.05) is 23.7 Å². The third-order valence-electron chi connectivity index (χ3n) is 2.60. The van der Waals surface area contributed by atoms with Crippen molar-refractivity contribution in [2.24, 2.45) is 0 Å². The number of hydrogen-bond donors (Lipinski definition) is 2. The Kier molecular flexibility index (Phi) is 4.02. The Bertz CT molecular complexity index is 616. The second kappa shape index (κ2) is 5.71. The number of anilines is 1. The number of amides is 1. The largest absolute Gasteiger partial charge is 0.398 e. The first-order valence-electron chi connectivity index (χ1n) is 5.64. The molecular formula is C14H12ClFN2O. The lowest BCUT2D eigenvalue weighted by Crippen LogP contribution is -2.23. The molecule has 98 valence electrons. The van der Waals surface area contributed by atoms with E-state index in [1.807, 2.05) is 6.07 Å². The first-order chi connectivity index (χ1) is 9.06. The van der Waals surface area contributed by atoms with Crippen LogP contribution in [-0.4, -0.2) is 5.91 Å². The predicted molar refractivity (Wildman–Crippen MR) is 73.4 cm³/mol. The van der Waals surface area contributed by atoms with Gasteiger partial charge in [-0.3, -0.25) is 4.79 Å². The smallest absolute Gasteiger partial charge is 0.253 e. The van der Waals surface area contributed by atoms with Crippen molar-refractivity contribution < 1.29 is 9.18 Å². The van der Waals surface area contributed by atoms with Crippen LogP contribution in [0.25, 0.3) is 0 Å². The van der Waals surface area contributed by atoms with Crippen LogP contribution in [0.1, 0.15) is 15.9 Å². The number of nitrogens with one attached hydrogen (secondary N) is 1. The quantitative estimate of drug-likeness (QED) is 0.848. The average Bonchev–Trinajstić information content (AvgIpc) is 2.39. The molecule has 0 heterocycles. The monoisotopic (exact) mass is 278 g/mol. The molecule has 2 aromatic rings. The summed E-state index contributed by atoms with van der Waals surface area (Å²) in [5, 5.41) is 3.26. The minimum absolute atomic E-state index is 0.127. The van der Waals surface area contributed by atoms with Crippen molar-refractivity contribution in [2.75, 3.05) is 5.73 Å². The first kappa shape index (κ1) is 13.4. The lowest BCUT2D eigenvalue weighted by molar-refractivity contribution is 0.0951. The van der Waals surface area contributed by atoms with Gasteiger partial charge in [-0.2, -0.15) is 0 Å². The summed E-state index contributed by atoms with van der Waals surface area (Å²) in [6, 6.07) is 10.8. The number of carbonyl (C=O) groups excluding carboxylic acids is 1. The Morgan fingerprint density at radius 2 is 2.05 bits per heavy atom. The number of hydrogen-bond acceptors (Lipinski definition) is 2. The van der Waals surface area contributed by atoms with Gasteiger partial charge in [0.25, 0.3) is 5.91 Å². The Morgan fingerprint density at radius 1 is 1.26 bits per heavy atom. The zero-order chi connectivity index (χ0) is 13.8. The maximum absolute atomic E-state index is 13.1. The van der Waals surface area contributed by atoms with E-state index in [0.717, 1.165) is 11.6 Å². The first-order valence-corrected chi connectivity index (χ1v) is 6.02. The summed E-state index contributed by atoms with van der Waals surface area (Å²) in [6.45, 7) is 0.301. The molecule has 0 saturated heterocycles. The maximum atomic E-state index is 13.1. The van der Waals surface area contributed by atoms with Gasteiger partial charge in [0, 0.05) is 17.3 Å². The van der Waals surface area contributed by atoms with Gasteiger partial charge < -0.3 is 11.1 Å². The van der Waals surface area contributed by atoms with Crippen LogP contribution in [0, 0.1) is 5.82 Å². The van der Waals surface area contributed by atoms with E-state index < -0.39 is 11.7 Å². The number of nitrogen functional groups attached to an aromatic ring is 1. The minimum Gasteiger partial charge on any atom is -0.398 e. The summed E-state index contributed by atoms with van der Waals surface area (Å²) in [4.78, 5) is 11.9. The van der Waals surface area contributed by atoms with Gasteiger partial charge in [-0.15, -0.1) is 0 Å². The molecule has 0 aromatic heterocycles. The molecule has 0 spiro atoms. The summed E-state index contributed by atoms with van der Waals surface area (Å²) in [6.07, 6.45) is 0. The van der Waals surface area contributed by atoms with Crippen molar-refractivity contribution >= 4 is 23.2 Å². The molecule has 5 heteroatoms. The van der Waals surface area contributed by atoms with Crippen LogP contribution >= 0.6 is 11.6 Å². The number of carbonyl (C=O) groups is 1. The molecular weight excluding hydrogens is 267 g/mol. The summed E-state index contributed by atoms with van der Waals surface area (Å²) >= 11 is 5.84. The molecule has 0 bridgehead atoms. The summed E-state index contributed by atoms with van der Waals surface area (Å²) in [5.41, 5.74) is 6.86. The molecule has 19 heavy (non-hydrogen) atoms. The van der Waals surface area contributed by atoms with Crippen molar-refractivity contribution in [3.63, 3.8) is 0 Å². The van der Waals surface area contributed by atoms with E-state index in [2.05, 4.69) is 5.32 Å². The van der Waals surface area contributed by atoms with Crippen LogP contribution in [0.5, 0.6) is 0 Å². The van der Waals surface area contributed by atoms with Crippen LogP contribution in [0.4, 0.5) is 10.1 Å². The number of rotatable bonds is 3. The molecule has 0 unspecified atom stereocenters. The Labute approximate surface area is 115 Å². The van der Waals surface area contributed by atoms with Crippen LogP contribution in [-0.2, 0) is 6.54 Å². The summed E-state index contributed by atoms with van der Waals surface area (Å²) in [7, 11) is 0. The fourth-order valence-corrected chi connectivity index (χ4v) is 1.86. The molecule has 3 N–H and O–H groups in total. The molecule has 0 radical (unpaired) electrons. The van der Waals surface area contributed by atoms with Crippen LogP contribution in [0.2, 0.25) is 5.02 Å². The van der Waals surface area contributed by atoms with Gasteiger partial charge in [0.05, 0.1) is 5.56 Å². The lowest BCUT2D eigenvalue weighted by Gasteiger charge is -2.08. The van der Waals surface area contributed by atoms with E-state index in [4.69, 9.17) is 17.3 Å². The highest BCUT2D eigenvalue weighted by molar-refractivity contribution is 6.30. The van der Waals surface area contributed by atoms with E-state index in [1.165, 1.54) is 12.1 Å². The third-order valence-corrected chi connectivity index (χ3v) is 2.84. The highest BCUT2D eigenvalue weighted by atomic mass is 35.5. The van der Waals surface area contributed by atoms with Crippen LogP contribution in [0.3, 0.4) is 0 Å². The normalized spacial score (nSPS) is 10.2. The van der Waals surface area contributed by atoms with E-state index in [9.17, 15) is 9.18 Å². The van der Waals surface area contributed by atoms with Gasteiger partial charge in [0.1, 0.15) is 5.82 Å². The topological polar surface area (TPSA) is 55.1 Å². The van der Waals surface area contributed by atoms with Crippen molar-refractivity contribution in [3.05, 3.63) is 64.4 Å². The standard InChI is InChI=1S/C14H12ClFN2O/c15-10-3-1-2-9(6-10)8-18-14(19)12-7-11(16)4-5-13(12)17/h1-7H,8,17H2,(H,18,19). The molecule has 0 aliphatic heterocycles. The highest BCUT2D eigenvalue weighted by Crippen LogP contribution is 2.14. The van der Waals surface area contributed by atoms with Crippen LogP contribution < -0.4 is 11.1 Å². The van der Waals surface area contributed by atoms with Crippen molar-refractivity contribution in [3.8, 4) is 0 Å². The minimum atomic E-state index is -0.498. The summed E-state index contributed by atoms with van der Waals surface area (Å²) < 4.78 is 13.1. The molecule has 0 atom stereocenters. The molecule has 2 aromatic carbocycles. The van der Waals surface area contributed by atoms with Crippen molar-refractivity contribution in [1.82, 2.24) is 5.32 Å². The molecule has 0 fully saturated rings. The molecule has 0 aliphatic rings.